The molecule has 1 saturated carbocycles. The molecule has 0 aromatic carbocycles. The highest BCUT2D eigenvalue weighted by molar-refractivity contribution is 8.07. The molecule has 0 spiro atoms. The number of ether oxygens (including phenoxy) is 1. The van der Waals surface area contributed by atoms with Crippen LogP contribution in [0.5, 0.6) is 0 Å². The molecule has 0 bridgehead atoms. The Hall–Kier alpha value is -3.03. The third-order valence-corrected chi connectivity index (χ3v) is 24.4. The van der Waals surface area contributed by atoms with Gasteiger partial charge in [-0.15, -0.1) is 9.42 Å². The van der Waals surface area contributed by atoms with Crippen molar-refractivity contribution in [2.24, 2.45) is 11.8 Å². The number of imidazole rings is 1. The number of nitrogens with one attached hydrogen (secondary N) is 3. The summed E-state index contributed by atoms with van der Waals surface area (Å²) in [5.41, 5.74) is -1.81. The van der Waals surface area contributed by atoms with Crippen LogP contribution in [0.3, 0.4) is 0 Å². The van der Waals surface area contributed by atoms with Gasteiger partial charge >= 0.3 is 32.1 Å². The van der Waals surface area contributed by atoms with Crippen molar-refractivity contribution in [1.82, 2.24) is 29.5 Å². The molecular weight excluding hydrogens is 953 g/mol. The average molecular weight is 1020 g/mol. The van der Waals surface area contributed by atoms with Crippen LogP contribution >= 0.6 is 15.0 Å². The molecule has 1 amide bonds. The van der Waals surface area contributed by atoms with Crippen molar-refractivity contribution in [1.29, 1.82) is 5.26 Å². The van der Waals surface area contributed by atoms with Gasteiger partial charge in [0, 0.05) is 28.6 Å². The van der Waals surface area contributed by atoms with Crippen LogP contribution in [0.15, 0.2) is 29.7 Å². The summed E-state index contributed by atoms with van der Waals surface area (Å²) in [6.45, 7) is 13.8. The lowest BCUT2D eigenvalue weighted by atomic mass is 10.1. The minimum atomic E-state index is -4.04. The molecule has 2 unspecified atom stereocenters. The highest BCUT2D eigenvalue weighted by atomic mass is 32.5. The SMILES string of the molecule is CC(C)C(=O)Nc1nc2c(ncn2[C@@H]2O[C@H](CO)[C@@H](O[Si](O[Si](O)(C(C)C)C(C)C)(C(C)C)C(C)C)[C@H]2OP(=S)(OCCC#N)OC[C@H]2C[C@@H](Nc3ccncn3)C[C@@H]2O[P+](=O)O)c(=O)[nH]1. The van der Waals surface area contributed by atoms with Gasteiger partial charge in [-0.25, -0.2) is 15.0 Å². The van der Waals surface area contributed by atoms with Gasteiger partial charge in [-0.1, -0.05) is 69.2 Å². The molecule has 2 aliphatic rings. The summed E-state index contributed by atoms with van der Waals surface area (Å²) in [7, 11) is -10.2. The number of amides is 1. The number of fused-ring (bicyclic) bond motifs is 1. The normalized spacial score (nSPS) is 23.9. The van der Waals surface area contributed by atoms with Gasteiger partial charge in [-0.2, -0.15) is 10.2 Å². The van der Waals surface area contributed by atoms with Gasteiger partial charge in [-0.3, -0.25) is 29.0 Å². The number of H-pyrrole nitrogens is 1. The fourth-order valence-corrected chi connectivity index (χ4v) is 20.7. The zero-order valence-electron chi connectivity index (χ0n) is 38.9. The summed E-state index contributed by atoms with van der Waals surface area (Å²) in [5, 5.41) is 26.6. The number of anilines is 2. The molecule has 4 heterocycles. The van der Waals surface area contributed by atoms with E-state index < -0.39 is 92.6 Å². The van der Waals surface area contributed by atoms with Crippen LogP contribution < -0.4 is 16.2 Å². The van der Waals surface area contributed by atoms with Gasteiger partial charge < -0.3 is 37.5 Å². The first kappa shape index (κ1) is 53.9. The predicted octanol–water partition coefficient (Wildman–Crippen LogP) is 5.79. The second-order valence-electron chi connectivity index (χ2n) is 18.0. The third kappa shape index (κ3) is 12.6. The van der Waals surface area contributed by atoms with E-state index in [1.54, 1.807) is 26.1 Å². The number of nitrogens with zero attached hydrogens (tertiary/aromatic N) is 6. The standard InChI is InChI=1S/C39H63N9O13P2SSi2/c1-22(2)36(50)46-39-45-35-32(37(51)47-39)43-21-48(35)38-34(33(30(18-49)57-38)60-66(25(7)8,26(9)10)61-65(54,23(3)4)24(5)6)59-63(64,55-15-11-13-40)56-19-27-16-28(17-29(27)58-62(52)53)44-31-12-14-41-20-42-31/h12,14,20-30,33-34,38,49,54H,11,15-19H2,1-10H3,(H3-,41,42,44,45,46,47,50,51,52,53)/p+1/t27-,28-,29+,30-,33-,34-,38-,63?/m1/s1. The molecule has 1 aliphatic carbocycles. The second-order valence-corrected chi connectivity index (χ2v) is 30.3. The Labute approximate surface area is 392 Å². The third-order valence-electron chi connectivity index (χ3n) is 11.8. The summed E-state index contributed by atoms with van der Waals surface area (Å²) >= 11 is 6.15. The van der Waals surface area contributed by atoms with Crippen molar-refractivity contribution in [2.45, 2.75) is 147 Å². The van der Waals surface area contributed by atoms with Gasteiger partial charge in [0.1, 0.15) is 36.6 Å². The van der Waals surface area contributed by atoms with E-state index in [1.807, 2.05) is 61.5 Å². The van der Waals surface area contributed by atoms with Crippen LogP contribution in [0.2, 0.25) is 22.2 Å². The molecule has 366 valence electrons. The molecular formula is C39H64N9O13P2SSi2+. The first-order valence-corrected chi connectivity index (χ1v) is 29.7. The van der Waals surface area contributed by atoms with Crippen molar-refractivity contribution in [3.8, 4) is 6.07 Å². The number of aromatic nitrogens is 6. The predicted molar refractivity (Wildman–Crippen MR) is 251 cm³/mol. The molecule has 27 heteroatoms. The van der Waals surface area contributed by atoms with Crippen molar-refractivity contribution < 1.29 is 55.5 Å². The van der Waals surface area contributed by atoms with Crippen LogP contribution in [-0.2, 0) is 52.5 Å². The minimum absolute atomic E-state index is 0.0199. The fraction of sp³-hybridized carbons (Fsp3) is 0.718. The Kier molecular flexibility index (Phi) is 18.8. The van der Waals surface area contributed by atoms with E-state index in [0.717, 1.165) is 0 Å². The molecule has 0 radical (unpaired) electrons. The number of aliphatic hydroxyl groups is 1. The van der Waals surface area contributed by atoms with Gasteiger partial charge in [0.15, 0.2) is 17.4 Å². The number of hydrogen-bond donors (Lipinski definition) is 6. The Balaban J connectivity index is 1.62. The van der Waals surface area contributed by atoms with E-state index in [-0.39, 0.29) is 65.0 Å². The van der Waals surface area contributed by atoms with Crippen LogP contribution in [0, 0.1) is 23.2 Å². The lowest BCUT2D eigenvalue weighted by molar-refractivity contribution is -0.118. The number of hydrogen-bond acceptors (Lipinski definition) is 19. The van der Waals surface area contributed by atoms with E-state index >= 15 is 0 Å². The highest BCUT2D eigenvalue weighted by Gasteiger charge is 2.60. The number of rotatable bonds is 24. The molecule has 3 aromatic heterocycles. The van der Waals surface area contributed by atoms with Gasteiger partial charge in [-0.05, 0) is 52.9 Å². The number of carbonyl (C=O) groups excluding carboxylic acids is 1. The Morgan fingerprint density at radius 2 is 1.79 bits per heavy atom. The maximum atomic E-state index is 13.4. The molecule has 1 saturated heterocycles. The van der Waals surface area contributed by atoms with Crippen molar-refractivity contribution >= 4 is 72.7 Å². The number of aromatic amines is 1. The van der Waals surface area contributed by atoms with Gasteiger partial charge in [0.2, 0.25) is 11.9 Å². The van der Waals surface area contributed by atoms with Crippen molar-refractivity contribution in [3.63, 3.8) is 0 Å². The van der Waals surface area contributed by atoms with E-state index in [0.29, 0.717) is 18.7 Å². The maximum Gasteiger partial charge on any atom is 0.695 e. The second kappa shape index (κ2) is 23.1. The molecule has 66 heavy (non-hydrogen) atoms. The minimum Gasteiger partial charge on any atom is -0.414 e. The summed E-state index contributed by atoms with van der Waals surface area (Å²) < 4.78 is 59.4. The average Bonchev–Trinajstić information content (AvgIpc) is 3.94. The Bertz CT molecular complexity index is 2260. The zero-order valence-corrected chi connectivity index (χ0v) is 43.5. The molecule has 6 N–H and O–H groups in total. The summed E-state index contributed by atoms with van der Waals surface area (Å²) in [4.78, 5) is 67.9. The highest BCUT2D eigenvalue weighted by Crippen LogP contribution is 2.56. The Morgan fingerprint density at radius 1 is 1.09 bits per heavy atom. The zero-order chi connectivity index (χ0) is 48.7. The molecule has 2 fully saturated rings. The fourth-order valence-electron chi connectivity index (χ4n) is 8.18. The van der Waals surface area contributed by atoms with Crippen LogP contribution in [-0.4, -0.2) is 118 Å². The molecule has 1 aliphatic heterocycles. The summed E-state index contributed by atoms with van der Waals surface area (Å²) in [6.07, 6.45) is -0.908. The van der Waals surface area contributed by atoms with Crippen molar-refractivity contribution in [2.75, 3.05) is 30.5 Å². The molecule has 3 aromatic rings. The largest absolute Gasteiger partial charge is 0.695 e. The van der Waals surface area contributed by atoms with Gasteiger partial charge in [0.05, 0.1) is 38.6 Å². The van der Waals surface area contributed by atoms with E-state index in [1.165, 1.54) is 17.2 Å². The Morgan fingerprint density at radius 3 is 2.36 bits per heavy atom. The smallest absolute Gasteiger partial charge is 0.414 e. The maximum absolute atomic E-state index is 13.4. The molecule has 9 atom stereocenters. The lowest BCUT2D eigenvalue weighted by Crippen LogP contribution is -2.62. The lowest BCUT2D eigenvalue weighted by Gasteiger charge is -2.47. The van der Waals surface area contributed by atoms with E-state index in [4.69, 9.17) is 43.2 Å². The molecule has 22 nitrogen and oxygen atoms in total. The summed E-state index contributed by atoms with van der Waals surface area (Å²) in [6, 6.07) is 3.46. The number of nitriles is 1. The first-order valence-electron chi connectivity index (χ1n) is 22.0. The number of carbonyl (C=O) groups is 1. The van der Waals surface area contributed by atoms with Crippen LogP contribution in [0.4, 0.5) is 11.8 Å². The van der Waals surface area contributed by atoms with Gasteiger partial charge in [0.25, 0.3) is 5.56 Å². The van der Waals surface area contributed by atoms with E-state index in [2.05, 4.69) is 35.6 Å². The van der Waals surface area contributed by atoms with E-state index in [9.17, 15) is 34.2 Å². The first-order chi connectivity index (χ1) is 31.1. The quantitative estimate of drug-likeness (QED) is 0.0351. The monoisotopic (exact) mass is 1020 g/mol. The summed E-state index contributed by atoms with van der Waals surface area (Å²) in [5.74, 6) is -0.985. The topological polar surface area (TPSA) is 297 Å². The molecule has 5 rings (SSSR count). The van der Waals surface area contributed by atoms with Crippen LogP contribution in [0.25, 0.3) is 11.2 Å². The van der Waals surface area contributed by atoms with Crippen LogP contribution in [0.1, 0.15) is 94.7 Å². The number of aliphatic hydroxyl groups excluding tert-OH is 1. The van der Waals surface area contributed by atoms with Crippen molar-refractivity contribution in [3.05, 3.63) is 35.3 Å².